The molecule has 18 heavy (non-hydrogen) atoms. The van der Waals surface area contributed by atoms with Gasteiger partial charge in [0.2, 0.25) is 5.95 Å². The summed E-state index contributed by atoms with van der Waals surface area (Å²) in [4.78, 5) is 12.0. The van der Waals surface area contributed by atoms with E-state index in [1.807, 2.05) is 4.90 Å². The first-order valence-electron chi connectivity index (χ1n) is 6.35. The summed E-state index contributed by atoms with van der Waals surface area (Å²) in [5, 5.41) is 0. The lowest BCUT2D eigenvalue weighted by Gasteiger charge is -2.31. The third-order valence-corrected chi connectivity index (χ3v) is 3.39. The highest BCUT2D eigenvalue weighted by atomic mass is 19.1. The summed E-state index contributed by atoms with van der Waals surface area (Å²) in [6, 6.07) is 0.265. The lowest BCUT2D eigenvalue weighted by molar-refractivity contribution is 0.327. The molecule has 1 aromatic heterocycles. The van der Waals surface area contributed by atoms with E-state index in [0.29, 0.717) is 5.82 Å². The van der Waals surface area contributed by atoms with Gasteiger partial charge in [0.15, 0.2) is 11.6 Å². The maximum atomic E-state index is 13.9. The number of nitrogens with zero attached hydrogens (tertiary/aromatic N) is 4. The summed E-state index contributed by atoms with van der Waals surface area (Å²) < 4.78 is 13.9. The van der Waals surface area contributed by atoms with Gasteiger partial charge in [0.1, 0.15) is 0 Å². The molecule has 6 heteroatoms. The number of hydrogen-bond acceptors (Lipinski definition) is 5. The summed E-state index contributed by atoms with van der Waals surface area (Å²) in [5.74, 6) is 0.0655. The number of aromatic nitrogens is 2. The molecule has 1 unspecified atom stereocenters. The minimum atomic E-state index is -0.396. The molecule has 0 spiro atoms. The van der Waals surface area contributed by atoms with Crippen molar-refractivity contribution in [3.63, 3.8) is 0 Å². The lowest BCUT2D eigenvalue weighted by atomic mass is 10.2. The van der Waals surface area contributed by atoms with Crippen molar-refractivity contribution in [1.29, 1.82) is 0 Å². The zero-order valence-corrected chi connectivity index (χ0v) is 10.9. The molecule has 2 heterocycles. The summed E-state index contributed by atoms with van der Waals surface area (Å²) in [7, 11) is 2.09. The Bertz CT molecular complexity index is 411. The predicted molar refractivity (Wildman–Crippen MR) is 69.9 cm³/mol. The van der Waals surface area contributed by atoms with Crippen molar-refractivity contribution in [2.24, 2.45) is 0 Å². The van der Waals surface area contributed by atoms with E-state index >= 15 is 0 Å². The molecule has 2 rings (SSSR count). The number of nitrogen functional groups attached to an aromatic ring is 1. The second-order valence-corrected chi connectivity index (χ2v) is 4.77. The molecule has 5 nitrogen and oxygen atoms in total. The van der Waals surface area contributed by atoms with Gasteiger partial charge in [-0.2, -0.15) is 4.98 Å². The van der Waals surface area contributed by atoms with E-state index in [9.17, 15) is 4.39 Å². The predicted octanol–water partition coefficient (Wildman–Crippen LogP) is 1.12. The quantitative estimate of drug-likeness (QED) is 0.856. The zero-order chi connectivity index (χ0) is 13.1. The van der Waals surface area contributed by atoms with Gasteiger partial charge >= 0.3 is 0 Å². The Morgan fingerprint density at radius 3 is 3.00 bits per heavy atom. The third-order valence-electron chi connectivity index (χ3n) is 3.39. The van der Waals surface area contributed by atoms with Crippen LogP contribution in [0.25, 0.3) is 0 Å². The van der Waals surface area contributed by atoms with E-state index < -0.39 is 5.82 Å². The summed E-state index contributed by atoms with van der Waals surface area (Å²) >= 11 is 0. The lowest BCUT2D eigenvalue weighted by Crippen LogP contribution is -2.40. The molecule has 1 saturated heterocycles. The molecule has 0 saturated carbocycles. The van der Waals surface area contributed by atoms with Crippen LogP contribution in [0, 0.1) is 5.82 Å². The third kappa shape index (κ3) is 2.69. The SMILES string of the molecule is CCC1CN(C)CCCN1c1nc(N)ncc1F. The molecule has 1 atom stereocenters. The molecular weight excluding hydrogens is 233 g/mol. The van der Waals surface area contributed by atoms with E-state index in [1.54, 1.807) is 0 Å². The number of anilines is 2. The van der Waals surface area contributed by atoms with Crippen LogP contribution in [0.2, 0.25) is 0 Å². The van der Waals surface area contributed by atoms with E-state index in [-0.39, 0.29) is 12.0 Å². The van der Waals surface area contributed by atoms with Gasteiger partial charge in [-0.3, -0.25) is 0 Å². The van der Waals surface area contributed by atoms with Crippen molar-refractivity contribution in [3.8, 4) is 0 Å². The second kappa shape index (κ2) is 5.48. The fourth-order valence-electron chi connectivity index (χ4n) is 2.44. The monoisotopic (exact) mass is 253 g/mol. The summed E-state index contributed by atoms with van der Waals surface area (Å²) in [5.41, 5.74) is 5.56. The van der Waals surface area contributed by atoms with Crippen molar-refractivity contribution in [2.75, 3.05) is 37.3 Å². The van der Waals surface area contributed by atoms with Gasteiger partial charge in [0.05, 0.1) is 6.20 Å². The fourth-order valence-corrected chi connectivity index (χ4v) is 2.44. The molecule has 1 aliphatic heterocycles. The van der Waals surface area contributed by atoms with Crippen molar-refractivity contribution < 1.29 is 4.39 Å². The van der Waals surface area contributed by atoms with Gasteiger partial charge in [-0.05, 0) is 26.4 Å². The van der Waals surface area contributed by atoms with Crippen LogP contribution in [0.1, 0.15) is 19.8 Å². The number of nitrogens with two attached hydrogens (primary N) is 1. The van der Waals surface area contributed by atoms with Crippen molar-refractivity contribution in [2.45, 2.75) is 25.8 Å². The van der Waals surface area contributed by atoms with Crippen LogP contribution in [0.15, 0.2) is 6.20 Å². The Kier molecular flexibility index (Phi) is 3.96. The molecule has 0 radical (unpaired) electrons. The minimum absolute atomic E-state index is 0.124. The Morgan fingerprint density at radius 2 is 2.28 bits per heavy atom. The fraction of sp³-hybridized carbons (Fsp3) is 0.667. The van der Waals surface area contributed by atoms with Crippen LogP contribution >= 0.6 is 0 Å². The van der Waals surface area contributed by atoms with Crippen molar-refractivity contribution in [3.05, 3.63) is 12.0 Å². The van der Waals surface area contributed by atoms with Crippen LogP contribution in [0.4, 0.5) is 16.2 Å². The van der Waals surface area contributed by atoms with Gasteiger partial charge in [-0.15, -0.1) is 0 Å². The van der Waals surface area contributed by atoms with Crippen LogP contribution in [0.5, 0.6) is 0 Å². The van der Waals surface area contributed by atoms with Crippen molar-refractivity contribution >= 4 is 11.8 Å². The standard InChI is InChI=1S/C12H20FN5/c1-3-9-8-17(2)5-4-6-18(9)11-10(13)7-15-12(14)16-11/h7,9H,3-6,8H2,1-2H3,(H2,14,15,16). The Morgan fingerprint density at radius 1 is 1.50 bits per heavy atom. The minimum Gasteiger partial charge on any atom is -0.368 e. The van der Waals surface area contributed by atoms with Gasteiger partial charge < -0.3 is 15.5 Å². The number of likely N-dealkylation sites (N-methyl/N-ethyl adjacent to an activating group) is 1. The highest BCUT2D eigenvalue weighted by Gasteiger charge is 2.25. The van der Waals surface area contributed by atoms with Crippen LogP contribution in [-0.4, -0.2) is 47.6 Å². The van der Waals surface area contributed by atoms with E-state index in [2.05, 4.69) is 28.8 Å². The molecule has 1 aromatic rings. The first kappa shape index (κ1) is 13.0. The number of halogens is 1. The Balaban J connectivity index is 2.31. The van der Waals surface area contributed by atoms with Gasteiger partial charge in [-0.1, -0.05) is 6.92 Å². The van der Waals surface area contributed by atoms with E-state index in [4.69, 9.17) is 5.73 Å². The largest absolute Gasteiger partial charge is 0.368 e. The average molecular weight is 253 g/mol. The molecule has 1 fully saturated rings. The smallest absolute Gasteiger partial charge is 0.222 e. The van der Waals surface area contributed by atoms with Gasteiger partial charge in [0.25, 0.3) is 0 Å². The molecule has 100 valence electrons. The molecule has 2 N–H and O–H groups in total. The van der Waals surface area contributed by atoms with Crippen LogP contribution in [0.3, 0.4) is 0 Å². The maximum absolute atomic E-state index is 13.9. The summed E-state index contributed by atoms with van der Waals surface area (Å²) in [6.45, 7) is 4.85. The van der Waals surface area contributed by atoms with Gasteiger partial charge in [0, 0.05) is 19.1 Å². The molecule has 1 aliphatic rings. The Labute approximate surface area is 107 Å². The van der Waals surface area contributed by atoms with Crippen molar-refractivity contribution in [1.82, 2.24) is 14.9 Å². The van der Waals surface area contributed by atoms with E-state index in [1.165, 1.54) is 0 Å². The van der Waals surface area contributed by atoms with Crippen LogP contribution < -0.4 is 10.6 Å². The number of hydrogen-bond donors (Lipinski definition) is 1. The molecule has 0 amide bonds. The van der Waals surface area contributed by atoms with Gasteiger partial charge in [-0.25, -0.2) is 9.37 Å². The highest BCUT2D eigenvalue weighted by Crippen LogP contribution is 2.22. The first-order valence-corrected chi connectivity index (χ1v) is 6.35. The summed E-state index contributed by atoms with van der Waals surface area (Å²) in [6.07, 6.45) is 3.10. The molecular formula is C12H20FN5. The topological polar surface area (TPSA) is 58.3 Å². The highest BCUT2D eigenvalue weighted by molar-refractivity contribution is 5.44. The molecule has 0 bridgehead atoms. The normalized spacial score (nSPS) is 21.9. The van der Waals surface area contributed by atoms with Crippen LogP contribution in [-0.2, 0) is 0 Å². The first-order chi connectivity index (χ1) is 8.61. The molecule has 0 aromatic carbocycles. The second-order valence-electron chi connectivity index (χ2n) is 4.77. The van der Waals surface area contributed by atoms with E-state index in [0.717, 1.165) is 38.7 Å². The zero-order valence-electron chi connectivity index (χ0n) is 10.9. The molecule has 0 aliphatic carbocycles. The maximum Gasteiger partial charge on any atom is 0.222 e. The average Bonchev–Trinajstić information content (AvgIpc) is 2.53. The number of rotatable bonds is 2. The Hall–Kier alpha value is -1.43.